The second-order valence-corrected chi connectivity index (χ2v) is 5.96. The van der Waals surface area contributed by atoms with E-state index in [2.05, 4.69) is 20.6 Å². The van der Waals surface area contributed by atoms with Crippen molar-refractivity contribution in [3.05, 3.63) is 58.0 Å². The fourth-order valence-electron chi connectivity index (χ4n) is 2.33. The van der Waals surface area contributed by atoms with Crippen molar-refractivity contribution in [3.63, 3.8) is 0 Å². The van der Waals surface area contributed by atoms with Crippen molar-refractivity contribution in [2.75, 3.05) is 0 Å². The molecule has 0 saturated carbocycles. The van der Waals surface area contributed by atoms with Gasteiger partial charge in [0.2, 0.25) is 0 Å². The predicted octanol–water partition coefficient (Wildman–Crippen LogP) is 3.53. The zero-order chi connectivity index (χ0) is 17.1. The number of aromatic amines is 1. The van der Waals surface area contributed by atoms with Crippen LogP contribution in [0.25, 0.3) is 11.3 Å². The molecule has 0 aliphatic carbocycles. The van der Waals surface area contributed by atoms with E-state index >= 15 is 0 Å². The van der Waals surface area contributed by atoms with Crippen LogP contribution in [0.5, 0.6) is 0 Å². The first kappa shape index (κ1) is 16.5. The molecule has 2 heterocycles. The molecule has 2 N–H and O–H groups in total. The van der Waals surface area contributed by atoms with Crippen molar-refractivity contribution in [1.82, 2.24) is 25.3 Å². The highest BCUT2D eigenvalue weighted by Gasteiger charge is 2.13. The molecule has 24 heavy (non-hydrogen) atoms. The smallest absolute Gasteiger partial charge is 0.269 e. The van der Waals surface area contributed by atoms with Gasteiger partial charge in [0.1, 0.15) is 5.69 Å². The fourth-order valence-corrected chi connectivity index (χ4v) is 2.84. The quantitative estimate of drug-likeness (QED) is 0.727. The normalized spacial score (nSPS) is 10.8. The van der Waals surface area contributed by atoms with Crippen molar-refractivity contribution in [2.24, 2.45) is 0 Å². The first-order chi connectivity index (χ1) is 11.6. The van der Waals surface area contributed by atoms with E-state index in [-0.39, 0.29) is 5.91 Å². The first-order valence-corrected chi connectivity index (χ1v) is 8.13. The van der Waals surface area contributed by atoms with Crippen LogP contribution >= 0.6 is 23.2 Å². The maximum Gasteiger partial charge on any atom is 0.269 e. The molecule has 1 aromatic carbocycles. The van der Waals surface area contributed by atoms with Crippen molar-refractivity contribution in [3.8, 4) is 11.3 Å². The maximum absolute atomic E-state index is 12.3. The summed E-state index contributed by atoms with van der Waals surface area (Å²) in [7, 11) is 0. The third kappa shape index (κ3) is 3.44. The van der Waals surface area contributed by atoms with Crippen LogP contribution in [0.2, 0.25) is 10.0 Å². The molecule has 0 aliphatic heterocycles. The van der Waals surface area contributed by atoms with Gasteiger partial charge in [-0.05, 0) is 37.3 Å². The molecule has 0 unspecified atom stereocenters. The summed E-state index contributed by atoms with van der Waals surface area (Å²) in [5, 5.41) is 14.9. The Hall–Kier alpha value is -2.31. The van der Waals surface area contributed by atoms with Crippen molar-refractivity contribution in [1.29, 1.82) is 0 Å². The van der Waals surface area contributed by atoms with E-state index in [4.69, 9.17) is 23.2 Å². The van der Waals surface area contributed by atoms with Gasteiger partial charge in [0.25, 0.3) is 5.91 Å². The van der Waals surface area contributed by atoms with Gasteiger partial charge in [0, 0.05) is 23.3 Å². The number of carbonyl (C=O) groups excluding carboxylic acids is 1. The Kier molecular flexibility index (Phi) is 4.87. The Morgan fingerprint density at radius 1 is 1.29 bits per heavy atom. The summed E-state index contributed by atoms with van der Waals surface area (Å²) in [5.41, 5.74) is 2.59. The molecule has 124 valence electrons. The minimum atomic E-state index is -0.248. The number of rotatable bonds is 5. The number of hydrogen-bond acceptors (Lipinski definition) is 3. The molecule has 8 heteroatoms. The number of nitrogens with one attached hydrogen (secondary N) is 2. The lowest BCUT2D eigenvalue weighted by molar-refractivity contribution is 0.0945. The van der Waals surface area contributed by atoms with Crippen LogP contribution in [-0.2, 0) is 13.1 Å². The van der Waals surface area contributed by atoms with Crippen LogP contribution < -0.4 is 5.32 Å². The van der Waals surface area contributed by atoms with Crippen molar-refractivity contribution >= 4 is 29.1 Å². The number of halogens is 2. The molecule has 2 aromatic heterocycles. The Balaban J connectivity index is 1.72. The predicted molar refractivity (Wildman–Crippen MR) is 93.1 cm³/mol. The van der Waals surface area contributed by atoms with E-state index in [0.717, 1.165) is 12.2 Å². The van der Waals surface area contributed by atoms with Gasteiger partial charge in [-0.15, -0.1) is 0 Å². The summed E-state index contributed by atoms with van der Waals surface area (Å²) in [6.45, 7) is 3.14. The largest absolute Gasteiger partial charge is 0.345 e. The molecule has 6 nitrogen and oxygen atoms in total. The summed E-state index contributed by atoms with van der Waals surface area (Å²) in [6, 6.07) is 8.65. The number of H-pyrrole nitrogens is 1. The average Bonchev–Trinajstić information content (AvgIpc) is 3.21. The second kappa shape index (κ2) is 7.07. The molecule has 0 atom stereocenters. The highest BCUT2D eigenvalue weighted by atomic mass is 35.5. The summed E-state index contributed by atoms with van der Waals surface area (Å²) in [4.78, 5) is 12.3. The van der Waals surface area contributed by atoms with E-state index in [1.807, 2.05) is 17.7 Å². The van der Waals surface area contributed by atoms with Crippen LogP contribution in [0.4, 0.5) is 0 Å². The molecule has 0 spiro atoms. The number of aryl methyl sites for hydroxylation is 1. The lowest BCUT2D eigenvalue weighted by Crippen LogP contribution is -2.24. The van der Waals surface area contributed by atoms with Gasteiger partial charge >= 0.3 is 0 Å². The zero-order valence-electron chi connectivity index (χ0n) is 12.9. The van der Waals surface area contributed by atoms with Gasteiger partial charge < -0.3 is 5.32 Å². The summed E-state index contributed by atoms with van der Waals surface area (Å²) >= 11 is 12.1. The van der Waals surface area contributed by atoms with Crippen molar-refractivity contribution < 1.29 is 4.79 Å². The van der Waals surface area contributed by atoms with E-state index in [0.29, 0.717) is 33.5 Å². The Bertz CT molecular complexity index is 871. The minimum Gasteiger partial charge on any atom is -0.345 e. The molecular weight excluding hydrogens is 349 g/mol. The van der Waals surface area contributed by atoms with E-state index in [9.17, 15) is 4.79 Å². The molecule has 1 amide bonds. The average molecular weight is 364 g/mol. The third-order valence-corrected chi connectivity index (χ3v) is 4.11. The van der Waals surface area contributed by atoms with Crippen LogP contribution in [0.3, 0.4) is 0 Å². The topological polar surface area (TPSA) is 75.6 Å². The highest BCUT2D eigenvalue weighted by Crippen LogP contribution is 2.29. The molecule has 0 aliphatic rings. The minimum absolute atomic E-state index is 0.248. The van der Waals surface area contributed by atoms with Gasteiger partial charge in [-0.25, -0.2) is 0 Å². The molecule has 0 bridgehead atoms. The molecular formula is C16H15Cl2N5O. The standard InChI is InChI=1S/C16H15Cl2N5O/c1-2-23-11(5-6-20-23)9-19-16(24)15-8-14(21-22-15)12-4-3-10(17)7-13(12)18/h3-8H,2,9H2,1H3,(H,19,24)(H,21,22). The SMILES string of the molecule is CCn1nccc1CNC(=O)c1cc(-c2ccc(Cl)cc2Cl)n[nH]1. The number of benzene rings is 1. The molecule has 0 saturated heterocycles. The van der Waals surface area contributed by atoms with Crippen LogP contribution in [0.15, 0.2) is 36.5 Å². The molecule has 3 rings (SSSR count). The first-order valence-electron chi connectivity index (χ1n) is 7.38. The molecule has 0 radical (unpaired) electrons. The zero-order valence-corrected chi connectivity index (χ0v) is 14.4. The van der Waals surface area contributed by atoms with Gasteiger partial charge in [-0.1, -0.05) is 23.2 Å². The lowest BCUT2D eigenvalue weighted by atomic mass is 10.1. The Morgan fingerprint density at radius 2 is 2.12 bits per heavy atom. The molecule has 0 fully saturated rings. The third-order valence-electron chi connectivity index (χ3n) is 3.56. The van der Waals surface area contributed by atoms with Crippen LogP contribution in [-0.4, -0.2) is 25.9 Å². The Morgan fingerprint density at radius 3 is 2.88 bits per heavy atom. The summed E-state index contributed by atoms with van der Waals surface area (Å²) in [5.74, 6) is -0.248. The number of nitrogens with zero attached hydrogens (tertiary/aromatic N) is 3. The fraction of sp³-hybridized carbons (Fsp3) is 0.188. The van der Waals surface area contributed by atoms with E-state index < -0.39 is 0 Å². The van der Waals surface area contributed by atoms with Gasteiger partial charge in [0.15, 0.2) is 0 Å². The van der Waals surface area contributed by atoms with Crippen LogP contribution in [0, 0.1) is 0 Å². The van der Waals surface area contributed by atoms with Crippen LogP contribution in [0.1, 0.15) is 23.1 Å². The van der Waals surface area contributed by atoms with E-state index in [1.165, 1.54) is 0 Å². The number of carbonyl (C=O) groups is 1. The second-order valence-electron chi connectivity index (χ2n) is 5.11. The van der Waals surface area contributed by atoms with Gasteiger partial charge in [0.05, 0.1) is 23.0 Å². The maximum atomic E-state index is 12.3. The van der Waals surface area contributed by atoms with Gasteiger partial charge in [-0.3, -0.25) is 14.6 Å². The number of amides is 1. The highest BCUT2D eigenvalue weighted by molar-refractivity contribution is 6.36. The monoisotopic (exact) mass is 363 g/mol. The summed E-state index contributed by atoms with van der Waals surface area (Å²) < 4.78 is 1.83. The Labute approximate surface area is 148 Å². The number of aromatic nitrogens is 4. The van der Waals surface area contributed by atoms with E-state index in [1.54, 1.807) is 30.5 Å². The molecule has 3 aromatic rings. The lowest BCUT2D eigenvalue weighted by Gasteiger charge is -2.05. The van der Waals surface area contributed by atoms with Crippen molar-refractivity contribution in [2.45, 2.75) is 20.0 Å². The van der Waals surface area contributed by atoms with Gasteiger partial charge in [-0.2, -0.15) is 10.2 Å². The summed E-state index contributed by atoms with van der Waals surface area (Å²) in [6.07, 6.45) is 1.71. The number of hydrogen-bond donors (Lipinski definition) is 2.